The van der Waals surface area contributed by atoms with Crippen molar-refractivity contribution in [3.8, 4) is 5.88 Å². The van der Waals surface area contributed by atoms with Crippen LogP contribution in [0.25, 0.3) is 0 Å². The van der Waals surface area contributed by atoms with Crippen LogP contribution in [0.5, 0.6) is 5.88 Å². The number of nitrogens with zero attached hydrogens (tertiary/aromatic N) is 1. The molecule has 0 aliphatic rings. The fourth-order valence-corrected chi connectivity index (χ4v) is 1.10. The lowest BCUT2D eigenvalue weighted by Crippen LogP contribution is -2.19. The molecule has 7 heteroatoms. The molecule has 0 spiro atoms. The second-order valence-corrected chi connectivity index (χ2v) is 3.38. The largest absolute Gasteiger partial charge is 0.467 e. The minimum atomic E-state index is -4.45. The Morgan fingerprint density at radius 1 is 1.56 bits per heavy atom. The third-order valence-electron chi connectivity index (χ3n) is 1.59. The highest BCUT2D eigenvalue weighted by Crippen LogP contribution is 2.24. The molecule has 0 fully saturated rings. The minimum absolute atomic E-state index is 0.128. The number of carbonyl (C=O) groups excluding carboxylic acids is 1. The van der Waals surface area contributed by atoms with Gasteiger partial charge in [0.1, 0.15) is 5.02 Å². The molecule has 0 saturated heterocycles. The van der Waals surface area contributed by atoms with Crippen LogP contribution in [0, 0.1) is 0 Å². The molecule has 0 unspecified atom stereocenters. The Hall–Kier alpha value is -1.30. The van der Waals surface area contributed by atoms with Crippen LogP contribution in [0.4, 0.5) is 13.2 Å². The SMILES string of the molecule is CC(=O)c1cnc(OCC(F)(F)F)c(Cl)c1. The zero-order valence-corrected chi connectivity index (χ0v) is 8.89. The zero-order chi connectivity index (χ0) is 12.3. The van der Waals surface area contributed by atoms with Gasteiger partial charge in [-0.15, -0.1) is 0 Å². The summed E-state index contributed by atoms with van der Waals surface area (Å²) in [5, 5.41) is -0.128. The predicted octanol–water partition coefficient (Wildman–Crippen LogP) is 2.88. The number of alkyl halides is 3. The van der Waals surface area contributed by atoms with E-state index >= 15 is 0 Å². The smallest absolute Gasteiger partial charge is 0.422 e. The van der Waals surface area contributed by atoms with Gasteiger partial charge in [-0.25, -0.2) is 4.98 Å². The van der Waals surface area contributed by atoms with Crippen molar-refractivity contribution in [3.63, 3.8) is 0 Å². The van der Waals surface area contributed by atoms with E-state index < -0.39 is 12.8 Å². The molecule has 1 heterocycles. The number of Topliss-reactive ketones (excluding diaryl/α,β-unsaturated/α-hetero) is 1. The zero-order valence-electron chi connectivity index (χ0n) is 8.14. The van der Waals surface area contributed by atoms with Gasteiger partial charge in [0.15, 0.2) is 12.4 Å². The van der Waals surface area contributed by atoms with Crippen LogP contribution in [0.15, 0.2) is 12.3 Å². The van der Waals surface area contributed by atoms with E-state index in [-0.39, 0.29) is 22.2 Å². The van der Waals surface area contributed by atoms with E-state index in [1.807, 2.05) is 0 Å². The maximum Gasteiger partial charge on any atom is 0.422 e. The summed E-state index contributed by atoms with van der Waals surface area (Å²) in [7, 11) is 0. The maximum atomic E-state index is 11.8. The van der Waals surface area contributed by atoms with Gasteiger partial charge in [-0.3, -0.25) is 4.79 Å². The van der Waals surface area contributed by atoms with Crippen LogP contribution >= 0.6 is 11.6 Å². The summed E-state index contributed by atoms with van der Waals surface area (Å²) in [5.74, 6) is -0.624. The van der Waals surface area contributed by atoms with Gasteiger partial charge in [-0.05, 0) is 13.0 Å². The molecule has 0 saturated carbocycles. The summed E-state index contributed by atoms with van der Waals surface area (Å²) >= 11 is 5.60. The monoisotopic (exact) mass is 253 g/mol. The first-order valence-electron chi connectivity index (χ1n) is 4.15. The number of ether oxygens (including phenoxy) is 1. The van der Waals surface area contributed by atoms with E-state index in [1.165, 1.54) is 13.0 Å². The molecule has 1 aromatic rings. The summed E-state index contributed by atoms with van der Waals surface area (Å²) in [4.78, 5) is 14.4. The van der Waals surface area contributed by atoms with Gasteiger partial charge in [-0.1, -0.05) is 11.6 Å². The van der Waals surface area contributed by atoms with Crippen molar-refractivity contribution in [3.05, 3.63) is 22.8 Å². The van der Waals surface area contributed by atoms with Crippen molar-refractivity contribution in [1.82, 2.24) is 4.98 Å². The first kappa shape index (κ1) is 12.8. The molecule has 0 aliphatic carbocycles. The second-order valence-electron chi connectivity index (χ2n) is 2.97. The van der Waals surface area contributed by atoms with Gasteiger partial charge in [0.05, 0.1) is 0 Å². The quantitative estimate of drug-likeness (QED) is 0.778. The first-order chi connectivity index (χ1) is 7.29. The maximum absolute atomic E-state index is 11.8. The highest BCUT2D eigenvalue weighted by molar-refractivity contribution is 6.32. The lowest BCUT2D eigenvalue weighted by atomic mass is 10.2. The summed E-state index contributed by atoms with van der Waals surface area (Å²) in [5.41, 5.74) is 0.212. The Morgan fingerprint density at radius 2 is 2.19 bits per heavy atom. The number of rotatable bonds is 3. The van der Waals surface area contributed by atoms with Crippen molar-refractivity contribution in [2.75, 3.05) is 6.61 Å². The van der Waals surface area contributed by atoms with E-state index in [4.69, 9.17) is 11.6 Å². The number of hydrogen-bond acceptors (Lipinski definition) is 3. The molecule has 1 aromatic heterocycles. The molecule has 0 amide bonds. The van der Waals surface area contributed by atoms with E-state index in [0.717, 1.165) is 6.20 Å². The van der Waals surface area contributed by atoms with Crippen molar-refractivity contribution in [2.24, 2.45) is 0 Å². The Balaban J connectivity index is 2.80. The molecule has 3 nitrogen and oxygen atoms in total. The average molecular weight is 254 g/mol. The summed E-state index contributed by atoms with van der Waals surface area (Å²) < 4.78 is 39.8. The fraction of sp³-hybridized carbons (Fsp3) is 0.333. The van der Waals surface area contributed by atoms with E-state index in [1.54, 1.807) is 0 Å². The van der Waals surface area contributed by atoms with E-state index in [0.29, 0.717) is 0 Å². The fourth-order valence-electron chi connectivity index (χ4n) is 0.874. The number of pyridine rings is 1. The van der Waals surface area contributed by atoms with Gasteiger partial charge in [0.2, 0.25) is 5.88 Å². The molecular formula is C9H7ClF3NO2. The van der Waals surface area contributed by atoms with Crippen molar-refractivity contribution < 1.29 is 22.7 Å². The Labute approximate surface area is 94.2 Å². The van der Waals surface area contributed by atoms with Gasteiger partial charge < -0.3 is 4.74 Å². The van der Waals surface area contributed by atoms with Crippen molar-refractivity contribution >= 4 is 17.4 Å². The normalized spacial score (nSPS) is 11.3. The highest BCUT2D eigenvalue weighted by atomic mass is 35.5. The number of ketones is 1. The van der Waals surface area contributed by atoms with Crippen LogP contribution in [0.2, 0.25) is 5.02 Å². The minimum Gasteiger partial charge on any atom is -0.467 e. The van der Waals surface area contributed by atoms with Crippen molar-refractivity contribution in [2.45, 2.75) is 13.1 Å². The number of hydrogen-bond donors (Lipinski definition) is 0. The molecular weight excluding hydrogens is 247 g/mol. The molecule has 1 rings (SSSR count). The first-order valence-corrected chi connectivity index (χ1v) is 4.53. The second kappa shape index (κ2) is 4.69. The third kappa shape index (κ3) is 3.69. The van der Waals surface area contributed by atoms with Gasteiger partial charge >= 0.3 is 6.18 Å². The third-order valence-corrected chi connectivity index (χ3v) is 1.86. The highest BCUT2D eigenvalue weighted by Gasteiger charge is 2.29. The van der Waals surface area contributed by atoms with Crippen LogP contribution in [0.3, 0.4) is 0 Å². The van der Waals surface area contributed by atoms with E-state index in [9.17, 15) is 18.0 Å². The molecule has 0 radical (unpaired) electrons. The molecule has 16 heavy (non-hydrogen) atoms. The molecule has 0 aliphatic heterocycles. The Bertz CT molecular complexity index is 406. The van der Waals surface area contributed by atoms with Crippen LogP contribution < -0.4 is 4.74 Å². The predicted molar refractivity (Wildman–Crippen MR) is 50.8 cm³/mol. The van der Waals surface area contributed by atoms with Gasteiger partial charge in [0, 0.05) is 11.8 Å². The molecule has 0 bridgehead atoms. The van der Waals surface area contributed by atoms with Gasteiger partial charge in [0.25, 0.3) is 0 Å². The van der Waals surface area contributed by atoms with Crippen LogP contribution in [-0.2, 0) is 0 Å². The van der Waals surface area contributed by atoms with Crippen LogP contribution in [0.1, 0.15) is 17.3 Å². The molecule has 0 atom stereocenters. The van der Waals surface area contributed by atoms with Crippen LogP contribution in [-0.4, -0.2) is 23.6 Å². The number of halogens is 4. The molecule has 0 N–H and O–H groups in total. The van der Waals surface area contributed by atoms with Gasteiger partial charge in [-0.2, -0.15) is 13.2 Å². The standard InChI is InChI=1S/C9H7ClF3NO2/c1-5(15)6-2-7(10)8(14-3-6)16-4-9(11,12)13/h2-3H,4H2,1H3. The Morgan fingerprint density at radius 3 is 2.62 bits per heavy atom. The molecule has 88 valence electrons. The number of aromatic nitrogens is 1. The summed E-state index contributed by atoms with van der Waals surface area (Å²) in [6.45, 7) is -0.178. The summed E-state index contributed by atoms with van der Waals surface area (Å²) in [6.07, 6.45) is -3.34. The average Bonchev–Trinajstić information content (AvgIpc) is 2.14. The van der Waals surface area contributed by atoms with E-state index in [2.05, 4.69) is 9.72 Å². The lowest BCUT2D eigenvalue weighted by Gasteiger charge is -2.09. The lowest BCUT2D eigenvalue weighted by molar-refractivity contribution is -0.154. The topological polar surface area (TPSA) is 39.2 Å². The summed E-state index contributed by atoms with van der Waals surface area (Å²) in [6, 6.07) is 1.21. The Kier molecular flexibility index (Phi) is 3.74. The van der Waals surface area contributed by atoms with Crippen molar-refractivity contribution in [1.29, 1.82) is 0 Å². The molecule has 0 aromatic carbocycles. The number of carbonyl (C=O) groups is 1.